The van der Waals surface area contributed by atoms with Crippen molar-refractivity contribution in [2.45, 2.75) is 31.1 Å². The van der Waals surface area contributed by atoms with Gasteiger partial charge in [0.15, 0.2) is 6.29 Å². The van der Waals surface area contributed by atoms with Gasteiger partial charge in [0.25, 0.3) is 0 Å². The van der Waals surface area contributed by atoms with E-state index < -0.39 is 0 Å². The molecule has 0 saturated carbocycles. The number of rotatable bonds is 6. The molecule has 0 atom stereocenters. The van der Waals surface area contributed by atoms with Gasteiger partial charge in [-0.2, -0.15) is 0 Å². The largest absolute Gasteiger partial charge is 0.298 e. The minimum absolute atomic E-state index is 0.682. The van der Waals surface area contributed by atoms with Gasteiger partial charge in [0, 0.05) is 10.5 Å². The molecule has 0 bridgehead atoms. The van der Waals surface area contributed by atoms with E-state index in [-0.39, 0.29) is 0 Å². The summed E-state index contributed by atoms with van der Waals surface area (Å²) in [4.78, 5) is 11.7. The number of carbonyl (C=O) groups is 1. The normalized spacial score (nSPS) is 10.3. The summed E-state index contributed by atoms with van der Waals surface area (Å²) in [7, 11) is 0. The summed E-state index contributed by atoms with van der Waals surface area (Å²) in [6.07, 6.45) is 4.48. The van der Waals surface area contributed by atoms with E-state index in [4.69, 9.17) is 11.6 Å². The van der Waals surface area contributed by atoms with Crippen molar-refractivity contribution in [2.24, 2.45) is 0 Å². The molecule has 1 aromatic rings. The molecule has 3 heteroatoms. The molecule has 0 aromatic heterocycles. The molecule has 15 heavy (non-hydrogen) atoms. The first-order chi connectivity index (χ1) is 7.29. The van der Waals surface area contributed by atoms with Crippen molar-refractivity contribution in [2.75, 3.05) is 5.75 Å². The fraction of sp³-hybridized carbons (Fsp3) is 0.417. The lowest BCUT2D eigenvalue weighted by atomic mass is 10.2. The monoisotopic (exact) mass is 242 g/mol. The SMILES string of the molecule is CCCCCSc1c(Cl)cccc1C=O. The molecule has 0 heterocycles. The summed E-state index contributed by atoms with van der Waals surface area (Å²) in [5.74, 6) is 1.03. The van der Waals surface area contributed by atoms with E-state index in [1.165, 1.54) is 19.3 Å². The molecule has 0 fully saturated rings. The van der Waals surface area contributed by atoms with Crippen LogP contribution < -0.4 is 0 Å². The summed E-state index contributed by atoms with van der Waals surface area (Å²) in [5, 5.41) is 0.682. The molecule has 0 spiro atoms. The molecular formula is C12H15ClOS. The van der Waals surface area contributed by atoms with Gasteiger partial charge in [-0.15, -0.1) is 11.8 Å². The van der Waals surface area contributed by atoms with E-state index in [0.29, 0.717) is 10.6 Å². The second-order valence-corrected chi connectivity index (χ2v) is 4.84. The average Bonchev–Trinajstić information content (AvgIpc) is 2.26. The maximum absolute atomic E-state index is 10.8. The summed E-state index contributed by atoms with van der Waals surface area (Å²) in [5.41, 5.74) is 0.698. The Morgan fingerprint density at radius 2 is 2.20 bits per heavy atom. The third kappa shape index (κ3) is 3.88. The Balaban J connectivity index is 2.62. The number of carbonyl (C=O) groups excluding carboxylic acids is 1. The van der Waals surface area contributed by atoms with Gasteiger partial charge < -0.3 is 0 Å². The summed E-state index contributed by atoms with van der Waals surface area (Å²) < 4.78 is 0. The van der Waals surface area contributed by atoms with Crippen LogP contribution in [0, 0.1) is 0 Å². The van der Waals surface area contributed by atoms with Gasteiger partial charge in [-0.05, 0) is 18.2 Å². The fourth-order valence-corrected chi connectivity index (χ4v) is 2.68. The molecule has 0 unspecified atom stereocenters. The van der Waals surface area contributed by atoms with Gasteiger partial charge in [-0.3, -0.25) is 4.79 Å². The number of unbranched alkanes of at least 4 members (excludes halogenated alkanes) is 2. The highest BCUT2D eigenvalue weighted by Crippen LogP contribution is 2.30. The first kappa shape index (κ1) is 12.6. The van der Waals surface area contributed by atoms with Crippen molar-refractivity contribution in [3.05, 3.63) is 28.8 Å². The highest BCUT2D eigenvalue weighted by Gasteiger charge is 2.06. The quantitative estimate of drug-likeness (QED) is 0.417. The van der Waals surface area contributed by atoms with E-state index >= 15 is 0 Å². The number of hydrogen-bond acceptors (Lipinski definition) is 2. The zero-order valence-corrected chi connectivity index (χ0v) is 10.4. The van der Waals surface area contributed by atoms with E-state index in [0.717, 1.165) is 16.9 Å². The number of thioether (sulfide) groups is 1. The van der Waals surface area contributed by atoms with Gasteiger partial charge in [-0.1, -0.05) is 43.5 Å². The van der Waals surface area contributed by atoms with Gasteiger partial charge >= 0.3 is 0 Å². The summed E-state index contributed by atoms with van der Waals surface area (Å²) in [6, 6.07) is 5.44. The van der Waals surface area contributed by atoms with Crippen LogP contribution in [0.3, 0.4) is 0 Å². The zero-order chi connectivity index (χ0) is 11.1. The van der Waals surface area contributed by atoms with Gasteiger partial charge in [0.1, 0.15) is 0 Å². The first-order valence-corrected chi connectivity index (χ1v) is 6.52. The van der Waals surface area contributed by atoms with Crippen molar-refractivity contribution < 1.29 is 4.79 Å². The third-order valence-electron chi connectivity index (χ3n) is 2.12. The molecule has 1 rings (SSSR count). The Labute approximate surface area is 100 Å². The average molecular weight is 243 g/mol. The second-order valence-electron chi connectivity index (χ2n) is 3.33. The van der Waals surface area contributed by atoms with Crippen LogP contribution >= 0.6 is 23.4 Å². The molecule has 0 radical (unpaired) electrons. The molecule has 0 N–H and O–H groups in total. The Hall–Kier alpha value is -0.470. The van der Waals surface area contributed by atoms with Crippen molar-refractivity contribution in [1.29, 1.82) is 0 Å². The number of hydrogen-bond donors (Lipinski definition) is 0. The second kappa shape index (κ2) is 6.91. The molecule has 0 aliphatic carbocycles. The Bertz CT molecular complexity index is 325. The number of halogens is 1. The van der Waals surface area contributed by atoms with E-state index in [1.807, 2.05) is 12.1 Å². The molecule has 0 aliphatic rings. The van der Waals surface area contributed by atoms with Crippen LogP contribution in [0.2, 0.25) is 5.02 Å². The minimum Gasteiger partial charge on any atom is -0.298 e. The van der Waals surface area contributed by atoms with E-state index in [2.05, 4.69) is 6.92 Å². The van der Waals surface area contributed by atoms with Crippen molar-refractivity contribution in [3.8, 4) is 0 Å². The molecule has 0 aliphatic heterocycles. The van der Waals surface area contributed by atoms with Crippen LogP contribution in [0.4, 0.5) is 0 Å². The minimum atomic E-state index is 0.682. The molecule has 1 aromatic carbocycles. The summed E-state index contributed by atoms with van der Waals surface area (Å²) in [6.45, 7) is 2.18. The van der Waals surface area contributed by atoms with Crippen LogP contribution in [0.1, 0.15) is 36.5 Å². The lowest BCUT2D eigenvalue weighted by Gasteiger charge is -2.06. The van der Waals surface area contributed by atoms with Crippen LogP contribution in [0.15, 0.2) is 23.1 Å². The Kier molecular flexibility index (Phi) is 5.81. The number of aldehydes is 1. The fourth-order valence-electron chi connectivity index (χ4n) is 1.30. The van der Waals surface area contributed by atoms with Crippen molar-refractivity contribution in [1.82, 2.24) is 0 Å². The lowest BCUT2D eigenvalue weighted by molar-refractivity contribution is 0.112. The van der Waals surface area contributed by atoms with Gasteiger partial charge in [0.2, 0.25) is 0 Å². The zero-order valence-electron chi connectivity index (χ0n) is 8.83. The maximum Gasteiger partial charge on any atom is 0.151 e. The third-order valence-corrected chi connectivity index (χ3v) is 3.78. The predicted molar refractivity (Wildman–Crippen MR) is 67.1 cm³/mol. The predicted octanol–water partition coefficient (Wildman–Crippen LogP) is 4.43. The molecule has 1 nitrogen and oxygen atoms in total. The van der Waals surface area contributed by atoms with Crippen LogP contribution in [0.5, 0.6) is 0 Å². The van der Waals surface area contributed by atoms with Gasteiger partial charge in [-0.25, -0.2) is 0 Å². The van der Waals surface area contributed by atoms with Crippen LogP contribution in [0.25, 0.3) is 0 Å². The Morgan fingerprint density at radius 3 is 2.87 bits per heavy atom. The van der Waals surface area contributed by atoms with Crippen molar-refractivity contribution in [3.63, 3.8) is 0 Å². The lowest BCUT2D eigenvalue weighted by Crippen LogP contribution is -1.88. The standard InChI is InChI=1S/C12H15ClOS/c1-2-3-4-8-15-12-10(9-14)6-5-7-11(12)13/h5-7,9H,2-4,8H2,1H3. The molecular weight excluding hydrogens is 228 g/mol. The highest BCUT2D eigenvalue weighted by molar-refractivity contribution is 7.99. The summed E-state index contributed by atoms with van der Waals surface area (Å²) >= 11 is 7.72. The van der Waals surface area contributed by atoms with E-state index in [1.54, 1.807) is 17.8 Å². The van der Waals surface area contributed by atoms with Crippen LogP contribution in [-0.2, 0) is 0 Å². The maximum atomic E-state index is 10.8. The Morgan fingerprint density at radius 1 is 1.40 bits per heavy atom. The van der Waals surface area contributed by atoms with Gasteiger partial charge in [0.05, 0.1) is 5.02 Å². The molecule has 0 saturated heterocycles. The smallest absolute Gasteiger partial charge is 0.151 e. The molecule has 0 amide bonds. The highest BCUT2D eigenvalue weighted by atomic mass is 35.5. The van der Waals surface area contributed by atoms with Crippen LogP contribution in [-0.4, -0.2) is 12.0 Å². The topological polar surface area (TPSA) is 17.1 Å². The first-order valence-electron chi connectivity index (χ1n) is 5.16. The number of benzene rings is 1. The van der Waals surface area contributed by atoms with E-state index in [9.17, 15) is 4.79 Å². The van der Waals surface area contributed by atoms with Crippen molar-refractivity contribution >= 4 is 29.6 Å². The molecule has 82 valence electrons.